The number of halogens is 1. The third-order valence-electron chi connectivity index (χ3n) is 1.10. The lowest BCUT2D eigenvalue weighted by atomic mass is 11.3. The van der Waals surface area contributed by atoms with Crippen molar-refractivity contribution in [2.45, 2.75) is 13.1 Å². The number of alkyl halides is 1. The van der Waals surface area contributed by atoms with Crippen molar-refractivity contribution in [2.75, 3.05) is 13.1 Å². The highest BCUT2D eigenvalue weighted by Gasteiger charge is 2.15. The number of hydrogen-bond donors (Lipinski definition) is 0. The molecule has 0 aromatic carbocycles. The predicted octanol–water partition coefficient (Wildman–Crippen LogP) is 1.90. The molecule has 0 aromatic heterocycles. The van der Waals surface area contributed by atoms with E-state index in [9.17, 15) is 4.39 Å². The monoisotopic (exact) mass is 148 g/mol. The van der Waals surface area contributed by atoms with E-state index < -0.39 is 14.9 Å². The second-order valence-corrected chi connectivity index (χ2v) is 7.32. The van der Waals surface area contributed by atoms with E-state index >= 15 is 0 Å². The van der Waals surface area contributed by atoms with Crippen LogP contribution in [-0.4, -0.2) is 21.2 Å². The maximum absolute atomic E-state index is 11.4. The summed E-state index contributed by atoms with van der Waals surface area (Å²) in [6.45, 7) is 7.13. The van der Waals surface area contributed by atoms with Gasteiger partial charge in [-0.2, -0.15) is 0 Å². The van der Waals surface area contributed by atoms with Crippen LogP contribution < -0.4 is 0 Å². The van der Waals surface area contributed by atoms with E-state index in [1.165, 1.54) is 0 Å². The Bertz CT molecular complexity index is 93.1. The average Bonchev–Trinajstić information content (AvgIpc) is 1.84. The van der Waals surface area contributed by atoms with Gasteiger partial charge in [-0.05, 0) is 0 Å². The standard InChI is InChI=1S/C6H13FOSi/c1-4-9(2,3)6-8-5-7/h4H,1,5-6H2,2-3H3. The topological polar surface area (TPSA) is 9.23 Å². The molecule has 9 heavy (non-hydrogen) atoms. The van der Waals surface area contributed by atoms with Gasteiger partial charge in [-0.3, -0.25) is 0 Å². The van der Waals surface area contributed by atoms with Crippen LogP contribution in [0.2, 0.25) is 13.1 Å². The first-order chi connectivity index (χ1) is 4.12. The van der Waals surface area contributed by atoms with Gasteiger partial charge in [0.2, 0.25) is 0 Å². The summed E-state index contributed by atoms with van der Waals surface area (Å²) in [5.41, 5.74) is 1.89. The minimum atomic E-state index is -1.40. The Labute approximate surface area is 56.5 Å². The fourth-order valence-electron chi connectivity index (χ4n) is 0.361. The molecule has 0 unspecified atom stereocenters. The zero-order valence-electron chi connectivity index (χ0n) is 5.98. The second kappa shape index (κ2) is 3.79. The molecule has 0 aromatic rings. The highest BCUT2D eigenvalue weighted by molar-refractivity contribution is 6.82. The van der Waals surface area contributed by atoms with Crippen molar-refractivity contribution in [1.29, 1.82) is 0 Å². The van der Waals surface area contributed by atoms with Gasteiger partial charge in [0.1, 0.15) is 8.07 Å². The second-order valence-electron chi connectivity index (χ2n) is 2.65. The van der Waals surface area contributed by atoms with Crippen LogP contribution in [0.5, 0.6) is 0 Å². The Morgan fingerprint density at radius 2 is 2.22 bits per heavy atom. The van der Waals surface area contributed by atoms with Crippen molar-refractivity contribution in [3.05, 3.63) is 12.3 Å². The van der Waals surface area contributed by atoms with Crippen molar-refractivity contribution in [3.63, 3.8) is 0 Å². The smallest absolute Gasteiger partial charge is 0.187 e. The Morgan fingerprint density at radius 3 is 2.56 bits per heavy atom. The lowest BCUT2D eigenvalue weighted by Crippen LogP contribution is -2.29. The molecule has 1 nitrogen and oxygen atoms in total. The van der Waals surface area contributed by atoms with Crippen LogP contribution >= 0.6 is 0 Å². The van der Waals surface area contributed by atoms with Crippen molar-refractivity contribution in [1.82, 2.24) is 0 Å². The minimum absolute atomic E-state index is 0.535. The molecular weight excluding hydrogens is 135 g/mol. The highest BCUT2D eigenvalue weighted by atomic mass is 28.3. The van der Waals surface area contributed by atoms with E-state index in [-0.39, 0.29) is 0 Å². The summed E-state index contributed by atoms with van der Waals surface area (Å²) < 4.78 is 16.0. The van der Waals surface area contributed by atoms with Gasteiger partial charge in [0.15, 0.2) is 6.86 Å². The normalized spacial score (nSPS) is 11.4. The first-order valence-electron chi connectivity index (χ1n) is 2.90. The first kappa shape index (κ1) is 8.85. The van der Waals surface area contributed by atoms with E-state index in [0.717, 1.165) is 0 Å². The van der Waals surface area contributed by atoms with Gasteiger partial charge in [0.25, 0.3) is 0 Å². The van der Waals surface area contributed by atoms with Crippen LogP contribution in [0.25, 0.3) is 0 Å². The lowest BCUT2D eigenvalue weighted by molar-refractivity contribution is 0.0859. The van der Waals surface area contributed by atoms with Gasteiger partial charge < -0.3 is 4.74 Å². The van der Waals surface area contributed by atoms with Crippen LogP contribution in [0.3, 0.4) is 0 Å². The molecule has 0 atom stereocenters. The SMILES string of the molecule is C=C[Si](C)(C)COCF. The van der Waals surface area contributed by atoms with E-state index in [1.54, 1.807) is 0 Å². The molecule has 0 spiro atoms. The van der Waals surface area contributed by atoms with Gasteiger partial charge in [-0.25, -0.2) is 4.39 Å². The summed E-state index contributed by atoms with van der Waals surface area (Å²) >= 11 is 0. The molecule has 0 saturated heterocycles. The molecule has 0 saturated carbocycles. The van der Waals surface area contributed by atoms with Crippen LogP contribution in [0, 0.1) is 0 Å². The zero-order chi connectivity index (χ0) is 7.33. The van der Waals surface area contributed by atoms with Gasteiger partial charge >= 0.3 is 0 Å². The van der Waals surface area contributed by atoms with E-state index in [0.29, 0.717) is 6.23 Å². The molecule has 0 aliphatic carbocycles. The highest BCUT2D eigenvalue weighted by Crippen LogP contribution is 2.02. The molecule has 0 bridgehead atoms. The Balaban J connectivity index is 3.45. The molecule has 0 amide bonds. The summed E-state index contributed by atoms with van der Waals surface area (Å²) in [5.74, 6) is 0. The van der Waals surface area contributed by atoms with Gasteiger partial charge in [-0.1, -0.05) is 18.8 Å². The fraction of sp³-hybridized carbons (Fsp3) is 0.667. The van der Waals surface area contributed by atoms with E-state index in [2.05, 4.69) is 24.4 Å². The van der Waals surface area contributed by atoms with Crippen molar-refractivity contribution >= 4 is 8.07 Å². The molecule has 54 valence electrons. The lowest BCUT2D eigenvalue weighted by Gasteiger charge is -2.14. The van der Waals surface area contributed by atoms with Gasteiger partial charge in [-0.15, -0.1) is 6.58 Å². The average molecular weight is 148 g/mol. The molecule has 0 aliphatic rings. The van der Waals surface area contributed by atoms with Crippen LogP contribution in [-0.2, 0) is 4.74 Å². The van der Waals surface area contributed by atoms with Crippen molar-refractivity contribution in [2.24, 2.45) is 0 Å². The van der Waals surface area contributed by atoms with Crippen LogP contribution in [0.15, 0.2) is 12.3 Å². The Kier molecular flexibility index (Phi) is 3.73. The molecule has 3 heteroatoms. The minimum Gasteiger partial charge on any atom is -0.353 e. The molecule has 0 aliphatic heterocycles. The molecular formula is C6H13FOSi. The number of hydrogen-bond acceptors (Lipinski definition) is 1. The summed E-state index contributed by atoms with van der Waals surface area (Å²) in [4.78, 5) is 0. The summed E-state index contributed by atoms with van der Waals surface area (Å²) in [7, 11) is -1.40. The van der Waals surface area contributed by atoms with E-state index in [1.807, 2.05) is 5.70 Å². The molecule has 0 heterocycles. The van der Waals surface area contributed by atoms with Gasteiger partial charge in [0, 0.05) is 6.23 Å². The third-order valence-corrected chi connectivity index (χ3v) is 3.16. The summed E-state index contributed by atoms with van der Waals surface area (Å²) in [5, 5.41) is 0. The Hall–Kier alpha value is -0.153. The first-order valence-corrected chi connectivity index (χ1v) is 6.18. The third kappa shape index (κ3) is 4.36. The van der Waals surface area contributed by atoms with E-state index in [4.69, 9.17) is 0 Å². The maximum Gasteiger partial charge on any atom is 0.187 e. The predicted molar refractivity (Wildman–Crippen MR) is 39.6 cm³/mol. The molecule has 0 rings (SSSR count). The summed E-state index contributed by atoms with van der Waals surface area (Å²) in [6.07, 6.45) is 0.535. The van der Waals surface area contributed by atoms with Crippen LogP contribution in [0.1, 0.15) is 0 Å². The molecule has 0 N–H and O–H groups in total. The van der Waals surface area contributed by atoms with Crippen molar-refractivity contribution < 1.29 is 9.13 Å². The fourth-order valence-corrected chi connectivity index (χ4v) is 1.08. The number of ether oxygens (including phenoxy) is 1. The summed E-state index contributed by atoms with van der Waals surface area (Å²) in [6, 6.07) is 0. The van der Waals surface area contributed by atoms with Gasteiger partial charge in [0.05, 0.1) is 0 Å². The quantitative estimate of drug-likeness (QED) is 0.553. The maximum atomic E-state index is 11.4. The molecule has 0 radical (unpaired) electrons. The number of rotatable bonds is 4. The largest absolute Gasteiger partial charge is 0.353 e. The Morgan fingerprint density at radius 1 is 1.67 bits per heavy atom. The zero-order valence-corrected chi connectivity index (χ0v) is 6.98. The molecule has 0 fully saturated rings. The van der Waals surface area contributed by atoms with Crippen LogP contribution in [0.4, 0.5) is 4.39 Å². The van der Waals surface area contributed by atoms with Crippen molar-refractivity contribution in [3.8, 4) is 0 Å².